The molecule has 1 aromatic carbocycles. The molecule has 0 bridgehead atoms. The van der Waals surface area contributed by atoms with Crippen LogP contribution in [0.4, 0.5) is 0 Å². The van der Waals surface area contributed by atoms with Gasteiger partial charge in [0.2, 0.25) is 10.0 Å². The first-order valence-electron chi connectivity index (χ1n) is 7.21. The van der Waals surface area contributed by atoms with Crippen LogP contribution in [-0.2, 0) is 16.6 Å². The van der Waals surface area contributed by atoms with Gasteiger partial charge in [0.25, 0.3) is 0 Å². The molecule has 2 rings (SSSR count). The lowest BCUT2D eigenvalue weighted by atomic mass is 9.71. The Hall–Kier alpha value is -0.430. The fraction of sp³-hybridized carbons (Fsp3) is 0.600. The number of aryl methyl sites for hydroxylation is 1. The van der Waals surface area contributed by atoms with Crippen molar-refractivity contribution in [3.05, 3.63) is 27.7 Å². The molecule has 0 amide bonds. The van der Waals surface area contributed by atoms with Gasteiger partial charge in [-0.15, -0.1) is 0 Å². The lowest BCUT2D eigenvalue weighted by molar-refractivity contribution is 0.166. The molecule has 1 aromatic rings. The first kappa shape index (κ1) is 16.9. The first-order chi connectivity index (χ1) is 9.77. The molecular formula is C15H23BrN2O2S. The van der Waals surface area contributed by atoms with E-state index in [0.717, 1.165) is 24.0 Å². The second-order valence-electron chi connectivity index (χ2n) is 6.24. The molecule has 1 fully saturated rings. The molecule has 0 aliphatic heterocycles. The Balaban J connectivity index is 2.25. The summed E-state index contributed by atoms with van der Waals surface area (Å²) in [5.41, 5.74) is 2.02. The van der Waals surface area contributed by atoms with Crippen LogP contribution < -0.4 is 10.0 Å². The maximum Gasteiger partial charge on any atom is 0.241 e. The van der Waals surface area contributed by atoms with Gasteiger partial charge in [-0.2, -0.15) is 0 Å². The van der Waals surface area contributed by atoms with Gasteiger partial charge in [0.1, 0.15) is 0 Å². The van der Waals surface area contributed by atoms with E-state index in [4.69, 9.17) is 0 Å². The molecule has 0 spiro atoms. The second kappa shape index (κ2) is 6.36. The zero-order chi connectivity index (χ0) is 15.7. The van der Waals surface area contributed by atoms with Crippen LogP contribution in [0, 0.1) is 12.3 Å². The largest absolute Gasteiger partial charge is 0.316 e. The van der Waals surface area contributed by atoms with Gasteiger partial charge < -0.3 is 5.32 Å². The Bertz CT molecular complexity index is 625. The summed E-state index contributed by atoms with van der Waals surface area (Å²) in [6.45, 7) is 5.21. The van der Waals surface area contributed by atoms with Gasteiger partial charge in [0.15, 0.2) is 0 Å². The van der Waals surface area contributed by atoms with Gasteiger partial charge in [-0.3, -0.25) is 0 Å². The summed E-state index contributed by atoms with van der Waals surface area (Å²) < 4.78 is 28.6. The molecule has 6 heteroatoms. The zero-order valence-electron chi connectivity index (χ0n) is 12.8. The molecule has 2 N–H and O–H groups in total. The maximum atomic E-state index is 12.6. The topological polar surface area (TPSA) is 58.2 Å². The monoisotopic (exact) mass is 374 g/mol. The molecule has 0 heterocycles. The van der Waals surface area contributed by atoms with Gasteiger partial charge in [-0.05, 0) is 65.4 Å². The van der Waals surface area contributed by atoms with Crippen molar-refractivity contribution in [2.24, 2.45) is 5.41 Å². The van der Waals surface area contributed by atoms with Crippen molar-refractivity contribution in [2.75, 3.05) is 13.6 Å². The summed E-state index contributed by atoms with van der Waals surface area (Å²) in [6, 6.07) is 3.73. The third kappa shape index (κ3) is 3.86. The van der Waals surface area contributed by atoms with Gasteiger partial charge in [0, 0.05) is 17.6 Å². The minimum Gasteiger partial charge on any atom is -0.316 e. The Morgan fingerprint density at radius 1 is 1.33 bits per heavy atom. The van der Waals surface area contributed by atoms with Crippen molar-refractivity contribution in [3.8, 4) is 0 Å². The maximum absolute atomic E-state index is 12.6. The van der Waals surface area contributed by atoms with Gasteiger partial charge in [-0.25, -0.2) is 13.1 Å². The summed E-state index contributed by atoms with van der Waals surface area (Å²) in [5, 5.41) is 3.05. The number of hydrogen-bond donors (Lipinski definition) is 2. The third-order valence-corrected chi connectivity index (χ3v) is 6.94. The predicted octanol–water partition coefficient (Wildman–Crippen LogP) is 2.95. The van der Waals surface area contributed by atoms with Crippen LogP contribution in [0.2, 0.25) is 0 Å². The van der Waals surface area contributed by atoms with E-state index in [-0.39, 0.29) is 5.41 Å². The van der Waals surface area contributed by atoms with E-state index in [0.29, 0.717) is 22.5 Å². The Morgan fingerprint density at radius 2 is 2.00 bits per heavy atom. The Kier molecular flexibility index (Phi) is 5.13. The molecule has 0 aromatic heterocycles. The van der Waals surface area contributed by atoms with E-state index < -0.39 is 10.0 Å². The summed E-state index contributed by atoms with van der Waals surface area (Å²) in [4.78, 5) is 0.329. The highest BCUT2D eigenvalue weighted by Gasteiger charge is 2.33. The third-order valence-electron chi connectivity index (χ3n) is 4.20. The summed E-state index contributed by atoms with van der Waals surface area (Å²) in [7, 11) is -1.64. The SMILES string of the molecule is CNCc1cc(C)c(Br)c(S(=O)(=O)NCC2(C)CCC2)c1. The van der Waals surface area contributed by atoms with E-state index in [1.54, 1.807) is 6.07 Å². The molecular weight excluding hydrogens is 352 g/mol. The molecule has 1 aliphatic carbocycles. The van der Waals surface area contributed by atoms with Gasteiger partial charge >= 0.3 is 0 Å². The number of nitrogens with one attached hydrogen (secondary N) is 2. The van der Waals surface area contributed by atoms with Crippen LogP contribution >= 0.6 is 15.9 Å². The minimum atomic E-state index is -3.49. The fourth-order valence-corrected chi connectivity index (χ4v) is 4.88. The number of hydrogen-bond acceptors (Lipinski definition) is 3. The summed E-state index contributed by atoms with van der Waals surface area (Å²) >= 11 is 3.41. The highest BCUT2D eigenvalue weighted by molar-refractivity contribution is 9.10. The van der Waals surface area contributed by atoms with Crippen molar-refractivity contribution < 1.29 is 8.42 Å². The van der Waals surface area contributed by atoms with Gasteiger partial charge in [0.05, 0.1) is 4.90 Å². The van der Waals surface area contributed by atoms with Crippen LogP contribution in [0.5, 0.6) is 0 Å². The molecule has 0 unspecified atom stereocenters. The van der Waals surface area contributed by atoms with Crippen molar-refractivity contribution in [2.45, 2.75) is 44.6 Å². The van der Waals surface area contributed by atoms with E-state index in [1.807, 2.05) is 20.0 Å². The van der Waals surface area contributed by atoms with Crippen LogP contribution in [0.25, 0.3) is 0 Å². The first-order valence-corrected chi connectivity index (χ1v) is 9.48. The van der Waals surface area contributed by atoms with Crippen molar-refractivity contribution in [1.82, 2.24) is 10.0 Å². The molecule has 1 saturated carbocycles. The Labute approximate surface area is 135 Å². The van der Waals surface area contributed by atoms with Crippen molar-refractivity contribution in [1.29, 1.82) is 0 Å². The van der Waals surface area contributed by atoms with Crippen molar-refractivity contribution in [3.63, 3.8) is 0 Å². The normalized spacial score (nSPS) is 17.5. The molecule has 0 radical (unpaired) electrons. The second-order valence-corrected chi connectivity index (χ2v) is 8.77. The van der Waals surface area contributed by atoms with Crippen LogP contribution in [0.1, 0.15) is 37.3 Å². The molecule has 118 valence electrons. The smallest absolute Gasteiger partial charge is 0.241 e. The molecule has 1 aliphatic rings. The van der Waals surface area contributed by atoms with Crippen molar-refractivity contribution >= 4 is 26.0 Å². The number of sulfonamides is 1. The average molecular weight is 375 g/mol. The standard InChI is InChI=1S/C15H23BrN2O2S/c1-11-7-12(9-17-3)8-13(14(11)16)21(19,20)18-10-15(2)5-4-6-15/h7-8,17-18H,4-6,9-10H2,1-3H3. The number of halogens is 1. The lowest BCUT2D eigenvalue weighted by Crippen LogP contribution is -2.40. The Morgan fingerprint density at radius 3 is 2.52 bits per heavy atom. The van der Waals surface area contributed by atoms with E-state index >= 15 is 0 Å². The predicted molar refractivity (Wildman–Crippen MR) is 88.8 cm³/mol. The van der Waals surface area contributed by atoms with E-state index in [2.05, 4.69) is 32.9 Å². The van der Waals surface area contributed by atoms with E-state index in [1.165, 1.54) is 6.42 Å². The molecule has 0 atom stereocenters. The molecule has 0 saturated heterocycles. The summed E-state index contributed by atoms with van der Waals surface area (Å²) in [6.07, 6.45) is 3.38. The fourth-order valence-electron chi connectivity index (χ4n) is 2.62. The zero-order valence-corrected chi connectivity index (χ0v) is 15.2. The average Bonchev–Trinajstić information content (AvgIpc) is 2.38. The minimum absolute atomic E-state index is 0.122. The number of rotatable bonds is 6. The highest BCUT2D eigenvalue weighted by Crippen LogP contribution is 2.40. The van der Waals surface area contributed by atoms with Gasteiger partial charge in [-0.1, -0.05) is 19.4 Å². The van der Waals surface area contributed by atoms with Crippen LogP contribution in [0.3, 0.4) is 0 Å². The van der Waals surface area contributed by atoms with E-state index in [9.17, 15) is 8.42 Å². The van der Waals surface area contributed by atoms with Crippen LogP contribution in [0.15, 0.2) is 21.5 Å². The number of benzene rings is 1. The van der Waals surface area contributed by atoms with Crippen LogP contribution in [-0.4, -0.2) is 22.0 Å². The summed E-state index contributed by atoms with van der Waals surface area (Å²) in [5.74, 6) is 0. The quantitative estimate of drug-likeness (QED) is 0.804. The molecule has 4 nitrogen and oxygen atoms in total. The molecule has 21 heavy (non-hydrogen) atoms. The highest BCUT2D eigenvalue weighted by atomic mass is 79.9. The lowest BCUT2D eigenvalue weighted by Gasteiger charge is -2.38.